The van der Waals surface area contributed by atoms with Crippen molar-refractivity contribution < 1.29 is 18.3 Å². The van der Waals surface area contributed by atoms with Crippen LogP contribution in [0.4, 0.5) is 13.2 Å². The lowest BCUT2D eigenvalue weighted by Crippen LogP contribution is -2.59. The van der Waals surface area contributed by atoms with Gasteiger partial charge in [0, 0.05) is 31.4 Å². The number of aryl methyl sites for hydroxylation is 1. The van der Waals surface area contributed by atoms with E-state index < -0.39 is 24.2 Å². The first-order valence-corrected chi connectivity index (χ1v) is 5.81. The highest BCUT2D eigenvalue weighted by molar-refractivity contribution is 5.05. The zero-order valence-corrected chi connectivity index (χ0v) is 10.4. The van der Waals surface area contributed by atoms with Gasteiger partial charge < -0.3 is 15.4 Å². The number of hydrogen-bond donors (Lipinski definition) is 2. The molecule has 0 saturated carbocycles. The first-order chi connectivity index (χ1) is 8.26. The molecule has 104 valence electrons. The zero-order chi connectivity index (χ0) is 14.0. The van der Waals surface area contributed by atoms with Crippen LogP contribution in [0.5, 0.6) is 0 Å². The fourth-order valence-corrected chi connectivity index (χ4v) is 1.82. The van der Waals surface area contributed by atoms with E-state index in [1.807, 2.05) is 0 Å². The molecule has 0 fully saturated rings. The summed E-state index contributed by atoms with van der Waals surface area (Å²) in [5.74, 6) is 0.182. The highest BCUT2D eigenvalue weighted by atomic mass is 19.4. The van der Waals surface area contributed by atoms with Crippen LogP contribution in [0.25, 0.3) is 0 Å². The number of nitrogens with two attached hydrogens (primary N) is 1. The van der Waals surface area contributed by atoms with Gasteiger partial charge in [-0.1, -0.05) is 6.92 Å². The first-order valence-electron chi connectivity index (χ1n) is 5.81. The van der Waals surface area contributed by atoms with Gasteiger partial charge in [0.05, 0.1) is 0 Å². The quantitative estimate of drug-likeness (QED) is 0.847. The van der Waals surface area contributed by atoms with Crippen molar-refractivity contribution in [3.05, 3.63) is 18.2 Å². The summed E-state index contributed by atoms with van der Waals surface area (Å²) in [7, 11) is 0. The van der Waals surface area contributed by atoms with Crippen molar-refractivity contribution in [2.24, 2.45) is 5.73 Å². The molecule has 0 amide bonds. The Bertz CT molecular complexity index is 391. The van der Waals surface area contributed by atoms with E-state index in [-0.39, 0.29) is 12.2 Å². The van der Waals surface area contributed by atoms with Crippen LogP contribution in [0.15, 0.2) is 12.4 Å². The molecular formula is C11H18F3N3O. The fraction of sp³-hybridized carbons (Fsp3) is 0.727. The standard InChI is InChI=1S/C11H18F3N3O/c1-3-8(15)10(18,11(12,13)14)7-9-16-5-6-17(9)4-2/h5-6,8,18H,3-4,7,15H2,1-2H3. The predicted octanol–water partition coefficient (Wildman–Crippen LogP) is 1.48. The third-order valence-electron chi connectivity index (χ3n) is 3.11. The summed E-state index contributed by atoms with van der Waals surface area (Å²) in [5, 5.41) is 9.90. The summed E-state index contributed by atoms with van der Waals surface area (Å²) in [4.78, 5) is 3.85. The molecule has 2 unspecified atom stereocenters. The fourth-order valence-electron chi connectivity index (χ4n) is 1.82. The second kappa shape index (κ2) is 5.27. The van der Waals surface area contributed by atoms with Crippen molar-refractivity contribution in [1.82, 2.24) is 9.55 Å². The van der Waals surface area contributed by atoms with Crippen molar-refractivity contribution in [3.8, 4) is 0 Å². The van der Waals surface area contributed by atoms with E-state index in [1.165, 1.54) is 13.1 Å². The molecule has 2 atom stereocenters. The van der Waals surface area contributed by atoms with E-state index in [1.54, 1.807) is 17.7 Å². The number of rotatable bonds is 5. The van der Waals surface area contributed by atoms with Crippen molar-refractivity contribution in [1.29, 1.82) is 0 Å². The molecule has 0 radical (unpaired) electrons. The van der Waals surface area contributed by atoms with Gasteiger partial charge in [-0.15, -0.1) is 0 Å². The van der Waals surface area contributed by atoms with Gasteiger partial charge in [-0.2, -0.15) is 13.2 Å². The lowest BCUT2D eigenvalue weighted by Gasteiger charge is -2.35. The van der Waals surface area contributed by atoms with E-state index in [0.717, 1.165) is 0 Å². The summed E-state index contributed by atoms with van der Waals surface area (Å²) in [6.45, 7) is 3.79. The van der Waals surface area contributed by atoms with Gasteiger partial charge >= 0.3 is 6.18 Å². The Labute approximate surface area is 104 Å². The van der Waals surface area contributed by atoms with E-state index in [2.05, 4.69) is 4.98 Å². The Kier molecular flexibility index (Phi) is 4.39. The largest absolute Gasteiger partial charge is 0.419 e. The van der Waals surface area contributed by atoms with Gasteiger partial charge in [0.25, 0.3) is 0 Å². The normalized spacial score (nSPS) is 17.5. The highest BCUT2D eigenvalue weighted by Gasteiger charge is 2.57. The second-order valence-corrected chi connectivity index (χ2v) is 4.24. The number of halogens is 3. The van der Waals surface area contributed by atoms with Gasteiger partial charge in [-0.05, 0) is 13.3 Å². The Morgan fingerprint density at radius 1 is 1.44 bits per heavy atom. The third-order valence-corrected chi connectivity index (χ3v) is 3.11. The van der Waals surface area contributed by atoms with Gasteiger partial charge in [-0.25, -0.2) is 4.98 Å². The number of alkyl halides is 3. The maximum absolute atomic E-state index is 13.0. The summed E-state index contributed by atoms with van der Waals surface area (Å²) >= 11 is 0. The van der Waals surface area contributed by atoms with Crippen molar-refractivity contribution >= 4 is 0 Å². The summed E-state index contributed by atoms with van der Waals surface area (Å²) in [6.07, 6.45) is -2.40. The van der Waals surface area contributed by atoms with Crippen LogP contribution < -0.4 is 5.73 Å². The molecule has 0 bridgehead atoms. The van der Waals surface area contributed by atoms with Crippen LogP contribution in [-0.4, -0.2) is 32.5 Å². The highest BCUT2D eigenvalue weighted by Crippen LogP contribution is 2.36. The van der Waals surface area contributed by atoms with Crippen LogP contribution in [0.1, 0.15) is 26.1 Å². The van der Waals surface area contributed by atoms with Crippen molar-refractivity contribution in [3.63, 3.8) is 0 Å². The molecule has 18 heavy (non-hydrogen) atoms. The Hall–Kier alpha value is -1.08. The molecule has 0 saturated heterocycles. The summed E-state index contributed by atoms with van der Waals surface area (Å²) < 4.78 is 40.6. The molecule has 0 spiro atoms. The number of aliphatic hydroxyl groups is 1. The third kappa shape index (κ3) is 2.67. The van der Waals surface area contributed by atoms with Gasteiger partial charge in [-0.3, -0.25) is 0 Å². The number of nitrogens with zero attached hydrogens (tertiary/aromatic N) is 2. The average molecular weight is 265 g/mol. The SMILES string of the molecule is CCC(N)C(O)(Cc1nccn1CC)C(F)(F)F. The molecule has 0 aliphatic rings. The van der Waals surface area contributed by atoms with E-state index in [4.69, 9.17) is 5.73 Å². The van der Waals surface area contributed by atoms with Crippen molar-refractivity contribution in [2.75, 3.05) is 0 Å². The van der Waals surface area contributed by atoms with Crippen molar-refractivity contribution in [2.45, 2.75) is 51.1 Å². The van der Waals surface area contributed by atoms with Gasteiger partial charge in [0.1, 0.15) is 5.82 Å². The molecule has 0 aromatic carbocycles. The number of imidazole rings is 1. The maximum atomic E-state index is 13.0. The molecule has 3 N–H and O–H groups in total. The van der Waals surface area contributed by atoms with Crippen LogP contribution in [0, 0.1) is 0 Å². The minimum Gasteiger partial charge on any atom is -0.379 e. The van der Waals surface area contributed by atoms with Crippen LogP contribution in [0.3, 0.4) is 0 Å². The monoisotopic (exact) mass is 265 g/mol. The predicted molar refractivity (Wildman–Crippen MR) is 60.9 cm³/mol. The number of aromatic nitrogens is 2. The smallest absolute Gasteiger partial charge is 0.379 e. The molecule has 7 heteroatoms. The molecule has 1 aromatic heterocycles. The number of hydrogen-bond acceptors (Lipinski definition) is 3. The topological polar surface area (TPSA) is 64.1 Å². The molecule has 0 aliphatic carbocycles. The second-order valence-electron chi connectivity index (χ2n) is 4.24. The van der Waals surface area contributed by atoms with E-state index >= 15 is 0 Å². The average Bonchev–Trinajstić information content (AvgIpc) is 2.73. The Balaban J connectivity index is 3.07. The molecule has 0 aliphatic heterocycles. The minimum atomic E-state index is -4.78. The Morgan fingerprint density at radius 2 is 2.06 bits per heavy atom. The lowest BCUT2D eigenvalue weighted by molar-refractivity contribution is -0.268. The minimum absolute atomic E-state index is 0.0306. The maximum Gasteiger partial charge on any atom is 0.419 e. The molecular weight excluding hydrogens is 247 g/mol. The van der Waals surface area contributed by atoms with Crippen LogP contribution >= 0.6 is 0 Å². The molecule has 1 aromatic rings. The zero-order valence-electron chi connectivity index (χ0n) is 10.4. The first kappa shape index (κ1) is 15.0. The summed E-state index contributed by atoms with van der Waals surface area (Å²) in [5.41, 5.74) is 2.49. The molecule has 4 nitrogen and oxygen atoms in total. The van der Waals surface area contributed by atoms with Gasteiger partial charge in [0.15, 0.2) is 5.60 Å². The van der Waals surface area contributed by atoms with E-state index in [0.29, 0.717) is 6.54 Å². The van der Waals surface area contributed by atoms with E-state index in [9.17, 15) is 18.3 Å². The molecule has 1 heterocycles. The lowest BCUT2D eigenvalue weighted by atomic mass is 9.88. The summed E-state index contributed by atoms with van der Waals surface area (Å²) in [6, 6.07) is -1.38. The Morgan fingerprint density at radius 3 is 2.50 bits per heavy atom. The van der Waals surface area contributed by atoms with Crippen LogP contribution in [0.2, 0.25) is 0 Å². The molecule has 1 rings (SSSR count). The van der Waals surface area contributed by atoms with Gasteiger partial charge in [0.2, 0.25) is 0 Å². The van der Waals surface area contributed by atoms with Crippen LogP contribution in [-0.2, 0) is 13.0 Å².